The maximum Gasteiger partial charge on any atom is 0.289 e. The number of aromatic nitrogens is 5. The van der Waals surface area contributed by atoms with Crippen LogP contribution in [0.2, 0.25) is 0 Å². The molecule has 1 N–H and O–H groups in total. The van der Waals surface area contributed by atoms with Crippen LogP contribution in [0.4, 0.5) is 0 Å². The fourth-order valence-electron chi connectivity index (χ4n) is 5.41. The summed E-state index contributed by atoms with van der Waals surface area (Å²) in [6, 6.07) is 18.9. The second kappa shape index (κ2) is 10.3. The van der Waals surface area contributed by atoms with E-state index in [1.165, 1.54) is 6.26 Å². The Morgan fingerprint density at radius 2 is 1.82 bits per heavy atom. The average Bonchev–Trinajstić information content (AvgIpc) is 3.63. The molecule has 10 heteroatoms. The number of carbonyl (C=O) groups excluding carboxylic acids is 1. The van der Waals surface area contributed by atoms with Crippen molar-refractivity contribution in [1.29, 1.82) is 0 Å². The van der Waals surface area contributed by atoms with Crippen LogP contribution < -0.4 is 5.56 Å². The van der Waals surface area contributed by atoms with Crippen molar-refractivity contribution in [3.63, 3.8) is 0 Å². The molecule has 3 aromatic heterocycles. The van der Waals surface area contributed by atoms with Crippen molar-refractivity contribution < 1.29 is 9.21 Å². The Balaban J connectivity index is 1.39. The second-order valence-electron chi connectivity index (χ2n) is 9.99. The molecule has 1 aliphatic rings. The number of aromatic amines is 1. The van der Waals surface area contributed by atoms with Gasteiger partial charge in [0.1, 0.15) is 6.04 Å². The van der Waals surface area contributed by atoms with Crippen LogP contribution in [-0.2, 0) is 6.54 Å². The van der Waals surface area contributed by atoms with Crippen LogP contribution >= 0.6 is 0 Å². The quantitative estimate of drug-likeness (QED) is 0.363. The van der Waals surface area contributed by atoms with Crippen molar-refractivity contribution in [3.05, 3.63) is 111 Å². The minimum Gasteiger partial charge on any atom is -0.459 e. The van der Waals surface area contributed by atoms with Crippen molar-refractivity contribution >= 4 is 16.8 Å². The van der Waals surface area contributed by atoms with E-state index in [2.05, 4.69) is 31.5 Å². The summed E-state index contributed by atoms with van der Waals surface area (Å²) in [5.74, 6) is 0.766. The number of amides is 1. The highest BCUT2D eigenvalue weighted by Crippen LogP contribution is 2.29. The lowest BCUT2D eigenvalue weighted by atomic mass is 9.99. The van der Waals surface area contributed by atoms with Gasteiger partial charge in [-0.2, -0.15) is 0 Å². The molecule has 1 atom stereocenters. The molecule has 5 aromatic rings. The third kappa shape index (κ3) is 4.86. The Bertz CT molecular complexity index is 1670. The number of piperazine rings is 1. The maximum atomic E-state index is 13.6. The number of fused-ring (bicyclic) bond motifs is 1. The van der Waals surface area contributed by atoms with Crippen molar-refractivity contribution in [3.8, 4) is 0 Å². The number of pyridine rings is 1. The SMILES string of the molecule is Cc1cc(C)c2cc([C@@H](c3nnnn3Cc3ccccc3)N3CCN(C(=O)c4ccco4)CC3)c(=O)[nH]c2c1. The molecule has 198 valence electrons. The lowest BCUT2D eigenvalue weighted by Crippen LogP contribution is -2.50. The number of nitrogens with one attached hydrogen (secondary N) is 1. The molecule has 1 amide bonds. The van der Waals surface area contributed by atoms with Crippen LogP contribution in [0, 0.1) is 13.8 Å². The molecule has 2 aromatic carbocycles. The fourth-order valence-corrected chi connectivity index (χ4v) is 5.41. The molecule has 1 fully saturated rings. The van der Waals surface area contributed by atoms with E-state index in [1.54, 1.807) is 21.7 Å². The number of carbonyl (C=O) groups is 1. The van der Waals surface area contributed by atoms with E-state index in [4.69, 9.17) is 4.42 Å². The highest BCUT2D eigenvalue weighted by molar-refractivity contribution is 5.91. The number of tetrazole rings is 1. The number of H-pyrrole nitrogens is 1. The molecular formula is C29H29N7O3. The van der Waals surface area contributed by atoms with Crippen LogP contribution in [0.1, 0.15) is 44.7 Å². The van der Waals surface area contributed by atoms with Crippen LogP contribution in [0.5, 0.6) is 0 Å². The zero-order chi connectivity index (χ0) is 26.9. The fraction of sp³-hybridized carbons (Fsp3) is 0.276. The first-order valence-electron chi connectivity index (χ1n) is 13.0. The highest BCUT2D eigenvalue weighted by atomic mass is 16.3. The van der Waals surface area contributed by atoms with Gasteiger partial charge in [-0.15, -0.1) is 5.10 Å². The summed E-state index contributed by atoms with van der Waals surface area (Å²) >= 11 is 0. The third-order valence-corrected chi connectivity index (χ3v) is 7.31. The summed E-state index contributed by atoms with van der Waals surface area (Å²) in [7, 11) is 0. The van der Waals surface area contributed by atoms with Gasteiger partial charge in [0.2, 0.25) is 0 Å². The van der Waals surface area contributed by atoms with E-state index < -0.39 is 6.04 Å². The molecule has 4 heterocycles. The van der Waals surface area contributed by atoms with E-state index in [9.17, 15) is 9.59 Å². The van der Waals surface area contributed by atoms with Gasteiger partial charge < -0.3 is 14.3 Å². The molecule has 0 spiro atoms. The predicted molar refractivity (Wildman–Crippen MR) is 145 cm³/mol. The first-order chi connectivity index (χ1) is 19.0. The number of rotatable bonds is 6. The van der Waals surface area contributed by atoms with Gasteiger partial charge in [-0.1, -0.05) is 36.4 Å². The summed E-state index contributed by atoms with van der Waals surface area (Å²) < 4.78 is 7.08. The van der Waals surface area contributed by atoms with Gasteiger partial charge in [-0.05, 0) is 65.2 Å². The first kappa shape index (κ1) is 24.7. The monoisotopic (exact) mass is 523 g/mol. The van der Waals surface area contributed by atoms with Crippen LogP contribution in [-0.4, -0.2) is 67.1 Å². The van der Waals surface area contributed by atoms with Crippen molar-refractivity contribution in [1.82, 2.24) is 35.0 Å². The Morgan fingerprint density at radius 3 is 2.56 bits per heavy atom. The number of hydrogen-bond donors (Lipinski definition) is 1. The van der Waals surface area contributed by atoms with E-state index >= 15 is 0 Å². The van der Waals surface area contributed by atoms with E-state index in [-0.39, 0.29) is 11.5 Å². The molecule has 1 saturated heterocycles. The predicted octanol–water partition coefficient (Wildman–Crippen LogP) is 3.32. The highest BCUT2D eigenvalue weighted by Gasteiger charge is 2.34. The molecule has 0 unspecified atom stereocenters. The van der Waals surface area contributed by atoms with Gasteiger partial charge in [0.05, 0.1) is 12.8 Å². The van der Waals surface area contributed by atoms with Crippen molar-refractivity contribution in [2.24, 2.45) is 0 Å². The number of aryl methyl sites for hydroxylation is 2. The Kier molecular flexibility index (Phi) is 6.54. The minimum absolute atomic E-state index is 0.139. The van der Waals surface area contributed by atoms with E-state index in [0.717, 1.165) is 27.6 Å². The van der Waals surface area contributed by atoms with Crippen LogP contribution in [0.3, 0.4) is 0 Å². The topological polar surface area (TPSA) is 113 Å². The third-order valence-electron chi connectivity index (χ3n) is 7.31. The van der Waals surface area contributed by atoms with Gasteiger partial charge in [0.25, 0.3) is 11.5 Å². The van der Waals surface area contributed by atoms with Crippen LogP contribution in [0.25, 0.3) is 10.9 Å². The molecular weight excluding hydrogens is 494 g/mol. The van der Waals surface area contributed by atoms with Crippen molar-refractivity contribution in [2.45, 2.75) is 26.4 Å². The standard InChI is InChI=1S/C29H29N7O3/c1-19-15-20(2)22-17-23(28(37)30-24(22)16-19)26(27-31-32-33-36(27)18-21-7-4-3-5-8-21)34-10-12-35(13-11-34)29(38)25-9-6-14-39-25/h3-9,14-17,26H,10-13,18H2,1-2H3,(H,30,37)/t26-/m0/s1. The minimum atomic E-state index is -0.501. The summed E-state index contributed by atoms with van der Waals surface area (Å²) in [4.78, 5) is 33.5. The molecule has 39 heavy (non-hydrogen) atoms. The number of benzene rings is 2. The first-order valence-corrected chi connectivity index (χ1v) is 13.0. The average molecular weight is 524 g/mol. The zero-order valence-corrected chi connectivity index (χ0v) is 21.9. The molecule has 6 rings (SSSR count). The van der Waals surface area contributed by atoms with Gasteiger partial charge in [-0.3, -0.25) is 14.5 Å². The smallest absolute Gasteiger partial charge is 0.289 e. The van der Waals surface area contributed by atoms with Gasteiger partial charge in [0, 0.05) is 42.6 Å². The van der Waals surface area contributed by atoms with Crippen LogP contribution in [0.15, 0.2) is 76.1 Å². The zero-order valence-electron chi connectivity index (χ0n) is 21.9. The number of furan rings is 1. The lowest BCUT2D eigenvalue weighted by Gasteiger charge is -2.38. The molecule has 0 aliphatic carbocycles. The largest absolute Gasteiger partial charge is 0.459 e. The molecule has 0 saturated carbocycles. The number of hydrogen-bond acceptors (Lipinski definition) is 7. The molecule has 0 bridgehead atoms. The lowest BCUT2D eigenvalue weighted by molar-refractivity contribution is 0.0558. The van der Waals surface area contributed by atoms with E-state index in [0.29, 0.717) is 49.9 Å². The van der Waals surface area contributed by atoms with Gasteiger partial charge in [0.15, 0.2) is 11.6 Å². The molecule has 0 radical (unpaired) electrons. The van der Waals surface area contributed by atoms with E-state index in [1.807, 2.05) is 56.3 Å². The normalized spacial score (nSPS) is 15.1. The van der Waals surface area contributed by atoms with Gasteiger partial charge in [-0.25, -0.2) is 4.68 Å². The summed E-state index contributed by atoms with van der Waals surface area (Å²) in [6.07, 6.45) is 1.50. The summed E-state index contributed by atoms with van der Waals surface area (Å²) in [5, 5.41) is 13.7. The van der Waals surface area contributed by atoms with Gasteiger partial charge >= 0.3 is 0 Å². The Morgan fingerprint density at radius 1 is 1.03 bits per heavy atom. The summed E-state index contributed by atoms with van der Waals surface area (Å²) in [5.41, 5.74) is 4.42. The maximum absolute atomic E-state index is 13.6. The Hall–Kier alpha value is -4.57. The number of nitrogens with zero attached hydrogens (tertiary/aromatic N) is 6. The second-order valence-corrected chi connectivity index (χ2v) is 9.99. The molecule has 1 aliphatic heterocycles. The Labute approximate surface area is 224 Å². The summed E-state index contributed by atoms with van der Waals surface area (Å²) in [6.45, 7) is 6.59. The molecule has 10 nitrogen and oxygen atoms in total. The van der Waals surface area contributed by atoms with Crippen molar-refractivity contribution in [2.75, 3.05) is 26.2 Å².